The maximum atomic E-state index is 11.7. The first-order valence-corrected chi connectivity index (χ1v) is 8.77. The molecule has 0 unspecified atom stereocenters. The van der Waals surface area contributed by atoms with Crippen molar-refractivity contribution in [2.45, 2.75) is 26.3 Å². The van der Waals surface area contributed by atoms with Gasteiger partial charge in [0.2, 0.25) is 0 Å². The van der Waals surface area contributed by atoms with Gasteiger partial charge >= 0.3 is 0 Å². The number of nitrogens with zero attached hydrogens (tertiary/aromatic N) is 2. The molecule has 1 aliphatic heterocycles. The van der Waals surface area contributed by atoms with Gasteiger partial charge in [0.1, 0.15) is 5.52 Å². The summed E-state index contributed by atoms with van der Waals surface area (Å²) in [6.45, 7) is 5.42. The molecule has 6 heteroatoms. The predicted octanol–water partition coefficient (Wildman–Crippen LogP) is 2.22. The van der Waals surface area contributed by atoms with E-state index in [9.17, 15) is 4.79 Å². The van der Waals surface area contributed by atoms with Crippen LogP contribution in [-0.4, -0.2) is 44.4 Å². The summed E-state index contributed by atoms with van der Waals surface area (Å²) in [5.41, 5.74) is 2.42. The van der Waals surface area contributed by atoms with Crippen LogP contribution in [0.5, 0.6) is 0 Å². The fraction of sp³-hybridized carbons (Fsp3) is 0.600. The quantitative estimate of drug-likeness (QED) is 0.803. The molecule has 21 heavy (non-hydrogen) atoms. The van der Waals surface area contributed by atoms with E-state index in [1.807, 2.05) is 6.20 Å². The molecule has 2 aromatic heterocycles. The zero-order valence-electron chi connectivity index (χ0n) is 12.4. The SMILES string of the molecule is CCCSC[C@@H]1CCN(Cc2c[nH]c3c(=O)[nH]cnc23)C1. The highest BCUT2D eigenvalue weighted by Crippen LogP contribution is 2.24. The largest absolute Gasteiger partial charge is 0.355 e. The van der Waals surface area contributed by atoms with Gasteiger partial charge < -0.3 is 9.97 Å². The first-order chi connectivity index (χ1) is 10.3. The zero-order valence-corrected chi connectivity index (χ0v) is 13.2. The van der Waals surface area contributed by atoms with Gasteiger partial charge in [0, 0.05) is 24.8 Å². The molecule has 1 fully saturated rings. The van der Waals surface area contributed by atoms with Crippen LogP contribution in [0.4, 0.5) is 0 Å². The van der Waals surface area contributed by atoms with Crippen LogP contribution >= 0.6 is 11.8 Å². The van der Waals surface area contributed by atoms with Gasteiger partial charge in [0.05, 0.1) is 11.8 Å². The van der Waals surface area contributed by atoms with E-state index in [0.29, 0.717) is 5.52 Å². The van der Waals surface area contributed by atoms with Crippen LogP contribution in [0.3, 0.4) is 0 Å². The van der Waals surface area contributed by atoms with Crippen molar-refractivity contribution in [3.8, 4) is 0 Å². The maximum absolute atomic E-state index is 11.7. The minimum Gasteiger partial charge on any atom is -0.355 e. The van der Waals surface area contributed by atoms with Crippen molar-refractivity contribution in [2.24, 2.45) is 5.92 Å². The molecule has 3 heterocycles. The number of nitrogens with one attached hydrogen (secondary N) is 2. The van der Waals surface area contributed by atoms with Crippen molar-refractivity contribution in [1.29, 1.82) is 0 Å². The van der Waals surface area contributed by atoms with Crippen molar-refractivity contribution in [2.75, 3.05) is 24.6 Å². The molecule has 2 N–H and O–H groups in total. The molecule has 1 atom stereocenters. The molecule has 1 saturated heterocycles. The van der Waals surface area contributed by atoms with Gasteiger partial charge in [-0.25, -0.2) is 4.98 Å². The van der Waals surface area contributed by atoms with Gasteiger partial charge in [-0.2, -0.15) is 11.8 Å². The standard InChI is InChI=1S/C15H22N4OS/c1-2-5-21-9-11-3-4-19(7-11)8-12-6-16-14-13(12)17-10-18-15(14)20/h6,10-11,16H,2-5,7-9H2,1H3,(H,17,18,20)/t11-/m1/s1. The number of H-pyrrole nitrogens is 2. The highest BCUT2D eigenvalue weighted by molar-refractivity contribution is 7.99. The van der Waals surface area contributed by atoms with Gasteiger partial charge in [0.15, 0.2) is 0 Å². The van der Waals surface area contributed by atoms with Gasteiger partial charge in [-0.1, -0.05) is 6.92 Å². The molecule has 0 spiro atoms. The molecule has 3 rings (SSSR count). The van der Waals surface area contributed by atoms with E-state index in [0.717, 1.165) is 36.6 Å². The molecular formula is C15H22N4OS. The number of fused-ring (bicyclic) bond motifs is 1. The van der Waals surface area contributed by atoms with Crippen molar-refractivity contribution < 1.29 is 0 Å². The minimum atomic E-state index is -0.0958. The number of aromatic nitrogens is 3. The molecule has 0 bridgehead atoms. The Morgan fingerprint density at radius 3 is 3.24 bits per heavy atom. The molecule has 0 saturated carbocycles. The molecule has 1 aliphatic rings. The second-order valence-corrected chi connectivity index (χ2v) is 6.88. The normalized spacial score (nSPS) is 19.6. The lowest BCUT2D eigenvalue weighted by Gasteiger charge is -2.15. The Kier molecular flexibility index (Phi) is 4.65. The van der Waals surface area contributed by atoms with E-state index < -0.39 is 0 Å². The second-order valence-electron chi connectivity index (χ2n) is 5.73. The average Bonchev–Trinajstić information content (AvgIpc) is 3.09. The summed E-state index contributed by atoms with van der Waals surface area (Å²) in [6, 6.07) is 0. The summed E-state index contributed by atoms with van der Waals surface area (Å²) in [4.78, 5) is 24.1. The third-order valence-corrected chi connectivity index (χ3v) is 5.42. The highest BCUT2D eigenvalue weighted by atomic mass is 32.2. The van der Waals surface area contributed by atoms with Gasteiger partial charge in [-0.3, -0.25) is 9.69 Å². The third-order valence-electron chi connectivity index (χ3n) is 4.01. The monoisotopic (exact) mass is 306 g/mol. The maximum Gasteiger partial charge on any atom is 0.275 e. The van der Waals surface area contributed by atoms with E-state index in [1.165, 1.54) is 30.7 Å². The molecule has 0 radical (unpaired) electrons. The Balaban J connectivity index is 1.62. The van der Waals surface area contributed by atoms with Crippen molar-refractivity contribution in [1.82, 2.24) is 19.9 Å². The third kappa shape index (κ3) is 3.32. The molecule has 0 aromatic carbocycles. The van der Waals surface area contributed by atoms with E-state index in [1.54, 1.807) is 0 Å². The lowest BCUT2D eigenvalue weighted by atomic mass is 10.2. The summed E-state index contributed by atoms with van der Waals surface area (Å²) in [5.74, 6) is 3.35. The van der Waals surface area contributed by atoms with E-state index in [2.05, 4.69) is 38.5 Å². The van der Waals surface area contributed by atoms with Crippen LogP contribution in [-0.2, 0) is 6.54 Å². The first kappa shape index (κ1) is 14.7. The van der Waals surface area contributed by atoms with Crippen molar-refractivity contribution in [3.63, 3.8) is 0 Å². The fourth-order valence-corrected chi connectivity index (χ4v) is 4.01. The zero-order chi connectivity index (χ0) is 14.7. The van der Waals surface area contributed by atoms with Crippen LogP contribution in [0, 0.1) is 5.92 Å². The van der Waals surface area contributed by atoms with Crippen LogP contribution in [0.25, 0.3) is 11.0 Å². The molecular weight excluding hydrogens is 284 g/mol. The summed E-state index contributed by atoms with van der Waals surface area (Å²) >= 11 is 2.07. The molecule has 0 amide bonds. The summed E-state index contributed by atoms with van der Waals surface area (Å²) in [6.07, 6.45) is 5.95. The Morgan fingerprint density at radius 2 is 2.38 bits per heavy atom. The number of aromatic amines is 2. The van der Waals surface area contributed by atoms with E-state index >= 15 is 0 Å². The number of hydrogen-bond donors (Lipinski definition) is 2. The van der Waals surface area contributed by atoms with Crippen LogP contribution in [0.15, 0.2) is 17.3 Å². The van der Waals surface area contributed by atoms with E-state index in [4.69, 9.17) is 0 Å². The van der Waals surface area contributed by atoms with Crippen molar-refractivity contribution >= 4 is 22.8 Å². The van der Waals surface area contributed by atoms with Crippen molar-refractivity contribution in [3.05, 3.63) is 28.4 Å². The topological polar surface area (TPSA) is 64.8 Å². The van der Waals surface area contributed by atoms with Gasteiger partial charge in [0.25, 0.3) is 5.56 Å². The summed E-state index contributed by atoms with van der Waals surface area (Å²) in [7, 11) is 0. The average molecular weight is 306 g/mol. The smallest absolute Gasteiger partial charge is 0.275 e. The Hall–Kier alpha value is -1.27. The number of thioether (sulfide) groups is 1. The Labute approximate surface area is 128 Å². The molecule has 2 aromatic rings. The fourth-order valence-electron chi connectivity index (χ4n) is 2.95. The van der Waals surface area contributed by atoms with Crippen LogP contribution in [0.2, 0.25) is 0 Å². The van der Waals surface area contributed by atoms with Crippen LogP contribution < -0.4 is 5.56 Å². The highest BCUT2D eigenvalue weighted by Gasteiger charge is 2.23. The number of likely N-dealkylation sites (tertiary alicyclic amines) is 1. The molecule has 114 valence electrons. The number of rotatable bonds is 6. The first-order valence-electron chi connectivity index (χ1n) is 7.61. The molecule has 5 nitrogen and oxygen atoms in total. The Bertz CT molecular complexity index is 650. The van der Waals surface area contributed by atoms with Gasteiger partial charge in [-0.15, -0.1) is 0 Å². The number of hydrogen-bond acceptors (Lipinski definition) is 4. The Morgan fingerprint density at radius 1 is 1.48 bits per heavy atom. The van der Waals surface area contributed by atoms with E-state index in [-0.39, 0.29) is 5.56 Å². The van der Waals surface area contributed by atoms with Gasteiger partial charge in [-0.05, 0) is 36.8 Å². The molecule has 0 aliphatic carbocycles. The summed E-state index contributed by atoms with van der Waals surface area (Å²) in [5, 5.41) is 0. The minimum absolute atomic E-state index is 0.0958. The second kappa shape index (κ2) is 6.66. The lowest BCUT2D eigenvalue weighted by molar-refractivity contribution is 0.322. The summed E-state index contributed by atoms with van der Waals surface area (Å²) < 4.78 is 0. The predicted molar refractivity (Wildman–Crippen MR) is 87.7 cm³/mol. The van der Waals surface area contributed by atoms with Crippen LogP contribution in [0.1, 0.15) is 25.3 Å². The lowest BCUT2D eigenvalue weighted by Crippen LogP contribution is -2.20.